The van der Waals surface area contributed by atoms with Crippen molar-refractivity contribution in [3.05, 3.63) is 18.1 Å². The number of nitrogens with one attached hydrogen (secondary N) is 1. The zero-order chi connectivity index (χ0) is 15.6. The zero-order valence-corrected chi connectivity index (χ0v) is 14.3. The van der Waals surface area contributed by atoms with E-state index < -0.39 is 0 Å². The van der Waals surface area contributed by atoms with E-state index in [9.17, 15) is 0 Å². The van der Waals surface area contributed by atoms with Gasteiger partial charge in [-0.25, -0.2) is 4.98 Å². The molecule has 2 heterocycles. The Kier molecular flexibility index (Phi) is 4.87. The Hall–Kier alpha value is -1.16. The van der Waals surface area contributed by atoms with Gasteiger partial charge in [-0.2, -0.15) is 0 Å². The lowest BCUT2D eigenvalue weighted by atomic mass is 9.86. The molecule has 4 nitrogen and oxygen atoms in total. The highest BCUT2D eigenvalue weighted by atomic mass is 15.2. The number of aromatic nitrogens is 2. The largest absolute Gasteiger partial charge is 0.352 e. The molecule has 0 radical (unpaired) electrons. The summed E-state index contributed by atoms with van der Waals surface area (Å²) in [6.45, 7) is 15.3. The first kappa shape index (κ1) is 16.2. The Bertz CT molecular complexity index is 466. The summed E-state index contributed by atoms with van der Waals surface area (Å²) in [6.07, 6.45) is 5.07. The minimum absolute atomic E-state index is 0.0964. The van der Waals surface area contributed by atoms with Crippen LogP contribution in [0, 0.1) is 11.8 Å². The van der Waals surface area contributed by atoms with Gasteiger partial charge < -0.3 is 10.2 Å². The van der Waals surface area contributed by atoms with Crippen LogP contribution in [0.25, 0.3) is 0 Å². The van der Waals surface area contributed by atoms with E-state index >= 15 is 0 Å². The zero-order valence-electron chi connectivity index (χ0n) is 14.3. The second-order valence-electron chi connectivity index (χ2n) is 7.68. The fourth-order valence-electron chi connectivity index (χ4n) is 2.99. The van der Waals surface area contributed by atoms with Crippen molar-refractivity contribution in [2.45, 2.75) is 66.1 Å². The first-order valence-electron chi connectivity index (χ1n) is 8.09. The summed E-state index contributed by atoms with van der Waals surface area (Å²) in [7, 11) is 0. The van der Waals surface area contributed by atoms with Gasteiger partial charge in [0.2, 0.25) is 0 Å². The van der Waals surface area contributed by atoms with E-state index in [0.29, 0.717) is 17.9 Å². The predicted octanol–water partition coefficient (Wildman–Crippen LogP) is 3.24. The molecule has 3 unspecified atom stereocenters. The van der Waals surface area contributed by atoms with Gasteiger partial charge >= 0.3 is 0 Å². The van der Waals surface area contributed by atoms with Crippen LogP contribution in [0.1, 0.15) is 53.7 Å². The molecule has 1 saturated heterocycles. The summed E-state index contributed by atoms with van der Waals surface area (Å²) in [5.74, 6) is 2.44. The summed E-state index contributed by atoms with van der Waals surface area (Å²) in [5, 5.41) is 3.48. The highest BCUT2D eigenvalue weighted by Gasteiger charge is 2.29. The Balaban J connectivity index is 2.12. The molecule has 3 atom stereocenters. The Morgan fingerprint density at radius 3 is 2.62 bits per heavy atom. The summed E-state index contributed by atoms with van der Waals surface area (Å²) < 4.78 is 0. The number of hydrogen-bond donors (Lipinski definition) is 1. The molecule has 118 valence electrons. The molecular weight excluding hydrogens is 260 g/mol. The number of rotatable bonds is 3. The predicted molar refractivity (Wildman–Crippen MR) is 88.4 cm³/mol. The number of anilines is 1. The average molecular weight is 290 g/mol. The lowest BCUT2D eigenvalue weighted by Gasteiger charge is -2.41. The molecule has 21 heavy (non-hydrogen) atoms. The molecule has 1 aromatic rings. The highest BCUT2D eigenvalue weighted by molar-refractivity contribution is 5.39. The van der Waals surface area contributed by atoms with Crippen molar-refractivity contribution in [2.75, 3.05) is 11.4 Å². The number of hydrogen-bond acceptors (Lipinski definition) is 4. The van der Waals surface area contributed by atoms with Crippen LogP contribution in [-0.2, 0) is 6.54 Å². The van der Waals surface area contributed by atoms with Crippen molar-refractivity contribution in [1.82, 2.24) is 15.3 Å². The normalized spacial score (nSPS) is 27.0. The highest BCUT2D eigenvalue weighted by Crippen LogP contribution is 2.29. The fraction of sp³-hybridized carbons (Fsp3) is 0.765. The minimum Gasteiger partial charge on any atom is -0.352 e. The maximum absolute atomic E-state index is 4.82. The topological polar surface area (TPSA) is 41.1 Å². The van der Waals surface area contributed by atoms with Gasteiger partial charge in [-0.3, -0.25) is 4.98 Å². The van der Waals surface area contributed by atoms with Gasteiger partial charge in [0.05, 0.1) is 11.9 Å². The van der Waals surface area contributed by atoms with E-state index in [1.807, 2.05) is 12.4 Å². The Morgan fingerprint density at radius 2 is 1.95 bits per heavy atom. The van der Waals surface area contributed by atoms with Crippen molar-refractivity contribution in [3.8, 4) is 0 Å². The maximum atomic E-state index is 4.82. The lowest BCUT2D eigenvalue weighted by molar-refractivity contribution is 0.295. The van der Waals surface area contributed by atoms with Crippen LogP contribution in [0.4, 0.5) is 5.82 Å². The van der Waals surface area contributed by atoms with Crippen molar-refractivity contribution in [1.29, 1.82) is 0 Å². The van der Waals surface area contributed by atoms with Gasteiger partial charge in [-0.05, 0) is 46.0 Å². The molecule has 0 aliphatic carbocycles. The molecule has 4 heteroatoms. The standard InChI is InChI=1S/C17H30N4/c1-12-7-13(2)14(3)21(11-12)16-10-18-8-15(20-16)9-19-17(4,5)6/h8,10,12-14,19H,7,9,11H2,1-6H3. The summed E-state index contributed by atoms with van der Waals surface area (Å²) >= 11 is 0. The third kappa shape index (κ3) is 4.40. The van der Waals surface area contributed by atoms with Gasteiger partial charge in [0.15, 0.2) is 0 Å². The van der Waals surface area contributed by atoms with Gasteiger partial charge in [-0.1, -0.05) is 13.8 Å². The van der Waals surface area contributed by atoms with Gasteiger partial charge in [0.1, 0.15) is 5.82 Å². The van der Waals surface area contributed by atoms with Crippen molar-refractivity contribution in [2.24, 2.45) is 11.8 Å². The third-order valence-corrected chi connectivity index (χ3v) is 4.36. The quantitative estimate of drug-likeness (QED) is 0.928. The van der Waals surface area contributed by atoms with Gasteiger partial charge in [-0.15, -0.1) is 0 Å². The molecule has 0 bridgehead atoms. The molecule has 0 spiro atoms. The Morgan fingerprint density at radius 1 is 1.24 bits per heavy atom. The van der Waals surface area contributed by atoms with Crippen LogP contribution in [0.3, 0.4) is 0 Å². The average Bonchev–Trinajstić information content (AvgIpc) is 2.40. The first-order valence-corrected chi connectivity index (χ1v) is 8.09. The second kappa shape index (κ2) is 6.30. The van der Waals surface area contributed by atoms with Crippen molar-refractivity contribution in [3.63, 3.8) is 0 Å². The molecule has 0 aromatic carbocycles. The van der Waals surface area contributed by atoms with Crippen molar-refractivity contribution < 1.29 is 0 Å². The smallest absolute Gasteiger partial charge is 0.147 e. The van der Waals surface area contributed by atoms with Gasteiger partial charge in [0, 0.05) is 30.9 Å². The molecule has 2 rings (SSSR count). The van der Waals surface area contributed by atoms with Crippen LogP contribution in [0.2, 0.25) is 0 Å². The van der Waals surface area contributed by atoms with Crippen LogP contribution >= 0.6 is 0 Å². The van der Waals surface area contributed by atoms with Crippen molar-refractivity contribution >= 4 is 5.82 Å². The summed E-state index contributed by atoms with van der Waals surface area (Å²) in [5.41, 5.74) is 1.11. The molecule has 1 N–H and O–H groups in total. The number of piperidine rings is 1. The van der Waals surface area contributed by atoms with Gasteiger partial charge in [0.25, 0.3) is 0 Å². The fourth-order valence-corrected chi connectivity index (χ4v) is 2.99. The van der Waals surface area contributed by atoms with E-state index in [0.717, 1.165) is 24.6 Å². The monoisotopic (exact) mass is 290 g/mol. The molecule has 0 amide bonds. The first-order chi connectivity index (χ1) is 9.76. The van der Waals surface area contributed by atoms with Crippen LogP contribution in [-0.4, -0.2) is 28.1 Å². The molecule has 1 aromatic heterocycles. The van der Waals surface area contributed by atoms with E-state index in [-0.39, 0.29) is 5.54 Å². The van der Waals surface area contributed by atoms with E-state index in [4.69, 9.17) is 4.98 Å². The molecule has 1 fully saturated rings. The van der Waals surface area contributed by atoms with E-state index in [1.165, 1.54) is 6.42 Å². The number of nitrogens with zero attached hydrogens (tertiary/aromatic N) is 3. The molecule has 1 aliphatic rings. The molecule has 0 saturated carbocycles. The van der Waals surface area contributed by atoms with Crippen LogP contribution in [0.5, 0.6) is 0 Å². The summed E-state index contributed by atoms with van der Waals surface area (Å²) in [4.78, 5) is 11.6. The third-order valence-electron chi connectivity index (χ3n) is 4.36. The minimum atomic E-state index is 0.0964. The van der Waals surface area contributed by atoms with E-state index in [1.54, 1.807) is 0 Å². The second-order valence-corrected chi connectivity index (χ2v) is 7.68. The molecule has 1 aliphatic heterocycles. The van der Waals surface area contributed by atoms with Crippen LogP contribution < -0.4 is 10.2 Å². The Labute approximate surface area is 129 Å². The summed E-state index contributed by atoms with van der Waals surface area (Å²) in [6, 6.07) is 0.529. The molecular formula is C17H30N4. The lowest BCUT2D eigenvalue weighted by Crippen LogP contribution is -2.46. The maximum Gasteiger partial charge on any atom is 0.147 e. The SMILES string of the molecule is CC1CC(C)C(C)N(c2cncc(CNC(C)(C)C)n2)C1. The van der Waals surface area contributed by atoms with Crippen LogP contribution in [0.15, 0.2) is 12.4 Å². The van der Waals surface area contributed by atoms with E-state index in [2.05, 4.69) is 56.7 Å².